The van der Waals surface area contributed by atoms with Crippen LogP contribution in [0.4, 0.5) is 8.78 Å². The molecule has 0 aliphatic carbocycles. The lowest BCUT2D eigenvalue weighted by Gasteiger charge is -2.08. The van der Waals surface area contributed by atoms with E-state index in [1.54, 1.807) is 0 Å². The molecule has 0 aromatic heterocycles. The molecule has 3 heteroatoms. The molecule has 1 atom stereocenters. The zero-order valence-electron chi connectivity index (χ0n) is 7.37. The summed E-state index contributed by atoms with van der Waals surface area (Å²) < 4.78 is 24.2. The molecule has 0 heterocycles. The van der Waals surface area contributed by atoms with Crippen LogP contribution >= 0.6 is 0 Å². The summed E-state index contributed by atoms with van der Waals surface area (Å²) in [7, 11) is 0. The van der Waals surface area contributed by atoms with Crippen LogP contribution < -0.4 is 0 Å². The van der Waals surface area contributed by atoms with Crippen molar-refractivity contribution >= 4 is 0 Å². The lowest BCUT2D eigenvalue weighted by atomic mass is 10.1. The number of rotatable bonds is 3. The second-order valence-electron chi connectivity index (χ2n) is 2.89. The molecule has 1 N–H and O–H groups in total. The molecule has 1 nitrogen and oxygen atoms in total. The summed E-state index contributed by atoms with van der Waals surface area (Å²) >= 11 is 0. The minimum absolute atomic E-state index is 0.00736. The number of halogens is 2. The van der Waals surface area contributed by atoms with Crippen molar-refractivity contribution in [3.05, 3.63) is 35.4 Å². The maximum absolute atomic E-state index is 12.1. The van der Waals surface area contributed by atoms with Crippen LogP contribution in [0.5, 0.6) is 0 Å². The van der Waals surface area contributed by atoms with Crippen LogP contribution in [0.1, 0.15) is 37.0 Å². The Morgan fingerprint density at radius 1 is 1.15 bits per heavy atom. The quantitative estimate of drug-likeness (QED) is 0.769. The van der Waals surface area contributed by atoms with E-state index < -0.39 is 12.5 Å². The Labute approximate surface area is 76.0 Å². The molecule has 0 spiro atoms. The predicted molar refractivity (Wildman–Crippen MR) is 46.6 cm³/mol. The van der Waals surface area contributed by atoms with Gasteiger partial charge >= 0.3 is 0 Å². The SMILES string of the molecule is CCC(O)c1ccc(C(F)F)cc1. The van der Waals surface area contributed by atoms with Crippen LogP contribution in [0.3, 0.4) is 0 Å². The summed E-state index contributed by atoms with van der Waals surface area (Å²) in [5.41, 5.74) is 0.680. The van der Waals surface area contributed by atoms with E-state index in [0.717, 1.165) is 0 Å². The van der Waals surface area contributed by atoms with Crippen molar-refractivity contribution in [2.24, 2.45) is 0 Å². The van der Waals surface area contributed by atoms with Gasteiger partial charge in [-0.3, -0.25) is 0 Å². The molecule has 13 heavy (non-hydrogen) atoms. The van der Waals surface area contributed by atoms with Gasteiger partial charge in [-0.25, -0.2) is 8.78 Å². The maximum atomic E-state index is 12.1. The average Bonchev–Trinajstić information content (AvgIpc) is 2.17. The predicted octanol–water partition coefficient (Wildman–Crippen LogP) is 3.07. The van der Waals surface area contributed by atoms with Crippen molar-refractivity contribution in [1.82, 2.24) is 0 Å². The first-order chi connectivity index (χ1) is 6.15. The minimum Gasteiger partial charge on any atom is -0.388 e. The molecule has 72 valence electrons. The third-order valence-electron chi connectivity index (χ3n) is 1.96. The van der Waals surface area contributed by atoms with Crippen molar-refractivity contribution in [3.63, 3.8) is 0 Å². The van der Waals surface area contributed by atoms with E-state index >= 15 is 0 Å². The Morgan fingerprint density at radius 2 is 1.62 bits per heavy atom. The topological polar surface area (TPSA) is 20.2 Å². The molecule has 0 saturated carbocycles. The molecule has 0 saturated heterocycles. The van der Waals surface area contributed by atoms with Crippen molar-refractivity contribution < 1.29 is 13.9 Å². The highest BCUT2D eigenvalue weighted by Gasteiger charge is 2.08. The molecular formula is C10H12F2O. The lowest BCUT2D eigenvalue weighted by molar-refractivity contribution is 0.150. The number of aliphatic hydroxyl groups is 1. The fourth-order valence-electron chi connectivity index (χ4n) is 1.10. The molecule has 0 radical (unpaired) electrons. The summed E-state index contributed by atoms with van der Waals surface area (Å²) in [5.74, 6) is 0. The standard InChI is InChI=1S/C10H12F2O/c1-2-9(13)7-3-5-8(6-4-7)10(11)12/h3-6,9-10,13H,2H2,1H3. The van der Waals surface area contributed by atoms with Gasteiger partial charge in [0.05, 0.1) is 6.10 Å². The molecule has 1 rings (SSSR count). The zero-order chi connectivity index (χ0) is 9.84. The monoisotopic (exact) mass is 186 g/mol. The maximum Gasteiger partial charge on any atom is 0.263 e. The van der Waals surface area contributed by atoms with Crippen LogP contribution in [0.25, 0.3) is 0 Å². The first-order valence-electron chi connectivity index (χ1n) is 4.21. The fourth-order valence-corrected chi connectivity index (χ4v) is 1.10. The molecular weight excluding hydrogens is 174 g/mol. The number of benzene rings is 1. The summed E-state index contributed by atoms with van der Waals surface area (Å²) in [6.45, 7) is 1.84. The number of aliphatic hydroxyl groups excluding tert-OH is 1. The summed E-state index contributed by atoms with van der Waals surface area (Å²) in [4.78, 5) is 0. The summed E-state index contributed by atoms with van der Waals surface area (Å²) in [6.07, 6.45) is -2.40. The van der Waals surface area contributed by atoms with Gasteiger partial charge < -0.3 is 5.11 Å². The van der Waals surface area contributed by atoms with Crippen LogP contribution in [0.15, 0.2) is 24.3 Å². The van der Waals surface area contributed by atoms with Crippen LogP contribution in [0, 0.1) is 0 Å². The molecule has 0 amide bonds. The van der Waals surface area contributed by atoms with Crippen molar-refractivity contribution in [3.8, 4) is 0 Å². The van der Waals surface area contributed by atoms with Gasteiger partial charge in [0.2, 0.25) is 0 Å². The molecule has 0 aliphatic heterocycles. The van der Waals surface area contributed by atoms with E-state index in [0.29, 0.717) is 12.0 Å². The summed E-state index contributed by atoms with van der Waals surface area (Å²) in [6, 6.07) is 5.77. The Hall–Kier alpha value is -0.960. The van der Waals surface area contributed by atoms with Gasteiger partial charge in [0.15, 0.2) is 0 Å². The van der Waals surface area contributed by atoms with Crippen molar-refractivity contribution in [2.75, 3.05) is 0 Å². The van der Waals surface area contributed by atoms with Crippen LogP contribution in [0.2, 0.25) is 0 Å². The van der Waals surface area contributed by atoms with Crippen molar-refractivity contribution in [1.29, 1.82) is 0 Å². The molecule has 1 aromatic carbocycles. The Morgan fingerprint density at radius 3 is 2.00 bits per heavy atom. The van der Waals surface area contributed by atoms with Gasteiger partial charge in [0.25, 0.3) is 6.43 Å². The first-order valence-corrected chi connectivity index (χ1v) is 4.21. The number of hydrogen-bond donors (Lipinski definition) is 1. The minimum atomic E-state index is -2.44. The Kier molecular flexibility index (Phi) is 3.37. The Balaban J connectivity index is 2.81. The summed E-state index contributed by atoms with van der Waals surface area (Å²) in [5, 5.41) is 9.37. The second kappa shape index (κ2) is 4.33. The van der Waals surface area contributed by atoms with E-state index in [4.69, 9.17) is 0 Å². The third kappa shape index (κ3) is 2.49. The van der Waals surface area contributed by atoms with Crippen molar-refractivity contribution in [2.45, 2.75) is 25.9 Å². The molecule has 0 bridgehead atoms. The fraction of sp³-hybridized carbons (Fsp3) is 0.400. The Bertz CT molecular complexity index is 256. The second-order valence-corrected chi connectivity index (χ2v) is 2.89. The molecule has 0 aliphatic rings. The lowest BCUT2D eigenvalue weighted by Crippen LogP contribution is -1.95. The van der Waals surface area contributed by atoms with E-state index in [2.05, 4.69) is 0 Å². The molecule has 0 fully saturated rings. The molecule has 1 aromatic rings. The van der Waals surface area contributed by atoms with E-state index in [1.807, 2.05) is 6.92 Å². The normalized spacial score (nSPS) is 13.3. The van der Waals surface area contributed by atoms with Gasteiger partial charge in [-0.05, 0) is 12.0 Å². The van der Waals surface area contributed by atoms with Gasteiger partial charge in [-0.2, -0.15) is 0 Å². The smallest absolute Gasteiger partial charge is 0.263 e. The highest BCUT2D eigenvalue weighted by Crippen LogP contribution is 2.22. The largest absolute Gasteiger partial charge is 0.388 e. The highest BCUT2D eigenvalue weighted by atomic mass is 19.3. The average molecular weight is 186 g/mol. The van der Waals surface area contributed by atoms with Gasteiger partial charge in [0.1, 0.15) is 0 Å². The van der Waals surface area contributed by atoms with E-state index in [9.17, 15) is 13.9 Å². The van der Waals surface area contributed by atoms with Gasteiger partial charge in [-0.15, -0.1) is 0 Å². The zero-order valence-corrected chi connectivity index (χ0v) is 7.37. The van der Waals surface area contributed by atoms with E-state index in [1.165, 1.54) is 24.3 Å². The van der Waals surface area contributed by atoms with Gasteiger partial charge in [-0.1, -0.05) is 31.2 Å². The number of hydrogen-bond acceptors (Lipinski definition) is 1. The van der Waals surface area contributed by atoms with Gasteiger partial charge in [0, 0.05) is 5.56 Å². The third-order valence-corrected chi connectivity index (χ3v) is 1.96. The van der Waals surface area contributed by atoms with Crippen LogP contribution in [-0.2, 0) is 0 Å². The molecule has 1 unspecified atom stereocenters. The number of alkyl halides is 2. The van der Waals surface area contributed by atoms with E-state index in [-0.39, 0.29) is 5.56 Å². The first kappa shape index (κ1) is 10.1. The van der Waals surface area contributed by atoms with Crippen LogP contribution in [-0.4, -0.2) is 5.11 Å². The highest BCUT2D eigenvalue weighted by molar-refractivity contribution is 5.24.